The lowest BCUT2D eigenvalue weighted by Gasteiger charge is -2.09. The molecule has 0 spiro atoms. The van der Waals surface area contributed by atoms with Gasteiger partial charge >= 0.3 is 0 Å². The number of fused-ring (bicyclic) bond motifs is 1. The molecule has 0 radical (unpaired) electrons. The number of nitrogens with two attached hydrogens (primary N) is 1. The molecule has 0 unspecified atom stereocenters. The molecule has 3 aromatic rings. The first-order chi connectivity index (χ1) is 9.56. The summed E-state index contributed by atoms with van der Waals surface area (Å²) in [6, 6.07) is 5.01. The van der Waals surface area contributed by atoms with Crippen molar-refractivity contribution in [3.63, 3.8) is 0 Å². The number of hydrogen-bond acceptors (Lipinski definition) is 5. The van der Waals surface area contributed by atoms with E-state index in [1.165, 1.54) is 6.07 Å². The van der Waals surface area contributed by atoms with Gasteiger partial charge in [0.2, 0.25) is 5.65 Å². The number of aryl methyl sites for hydroxylation is 2. The number of nitrogens with zero attached hydrogens (tertiary/aromatic N) is 3. The van der Waals surface area contributed by atoms with E-state index in [2.05, 4.69) is 19.9 Å². The van der Waals surface area contributed by atoms with Crippen molar-refractivity contribution in [3.05, 3.63) is 46.4 Å². The molecule has 0 fully saturated rings. The molecule has 0 aliphatic rings. The minimum Gasteiger partial charge on any atom is -0.396 e. The van der Waals surface area contributed by atoms with Gasteiger partial charge in [-0.1, -0.05) is 12.1 Å². The van der Waals surface area contributed by atoms with Gasteiger partial charge in [0.05, 0.1) is 5.69 Å². The average molecular weight is 272 g/mol. The summed E-state index contributed by atoms with van der Waals surface area (Å²) in [5, 5.41) is 7.45. The van der Waals surface area contributed by atoms with E-state index in [0.29, 0.717) is 28.8 Å². The van der Waals surface area contributed by atoms with Gasteiger partial charge in [-0.15, -0.1) is 0 Å². The second kappa shape index (κ2) is 4.56. The van der Waals surface area contributed by atoms with Crippen LogP contribution in [0.1, 0.15) is 22.4 Å². The van der Waals surface area contributed by atoms with E-state index in [1.54, 1.807) is 19.1 Å². The number of pyridine rings is 1. The number of rotatable bonds is 2. The van der Waals surface area contributed by atoms with E-state index in [9.17, 15) is 4.39 Å². The molecular weight excluding hydrogens is 259 g/mol. The van der Waals surface area contributed by atoms with E-state index in [4.69, 9.17) is 5.73 Å². The fraction of sp³-hybridized carbons (Fsp3) is 0.214. The maximum atomic E-state index is 13.3. The summed E-state index contributed by atoms with van der Waals surface area (Å²) >= 11 is 0. The highest BCUT2D eigenvalue weighted by molar-refractivity contribution is 5.85. The zero-order valence-corrected chi connectivity index (χ0v) is 11.1. The number of nitrogen functional groups attached to an aromatic ring is 1. The summed E-state index contributed by atoms with van der Waals surface area (Å²) in [5.41, 5.74) is 10.7. The molecule has 2 N–H and O–H groups in total. The van der Waals surface area contributed by atoms with Gasteiger partial charge in [0, 0.05) is 17.7 Å². The average Bonchev–Trinajstić information content (AvgIpc) is 2.87. The van der Waals surface area contributed by atoms with Gasteiger partial charge in [0.15, 0.2) is 5.52 Å². The fourth-order valence-corrected chi connectivity index (χ4v) is 2.24. The topological polar surface area (TPSA) is 77.8 Å². The van der Waals surface area contributed by atoms with Crippen molar-refractivity contribution >= 4 is 16.9 Å². The first kappa shape index (κ1) is 12.5. The molecule has 6 heteroatoms. The molecule has 1 aromatic carbocycles. The number of halogens is 1. The molecule has 0 bridgehead atoms. The largest absolute Gasteiger partial charge is 0.396 e. The third kappa shape index (κ3) is 1.99. The van der Waals surface area contributed by atoms with E-state index >= 15 is 0 Å². The lowest BCUT2D eigenvalue weighted by Crippen LogP contribution is -2.03. The number of hydrogen-bond donors (Lipinski definition) is 1. The first-order valence-corrected chi connectivity index (χ1v) is 6.18. The maximum Gasteiger partial charge on any atom is 0.226 e. The summed E-state index contributed by atoms with van der Waals surface area (Å²) in [6.45, 7) is 3.59. The normalized spacial score (nSPS) is 11.2. The molecule has 0 amide bonds. The summed E-state index contributed by atoms with van der Waals surface area (Å²) in [5.74, 6) is -0.215. The first-order valence-electron chi connectivity index (χ1n) is 6.18. The third-order valence-corrected chi connectivity index (χ3v) is 3.37. The number of anilines is 1. The van der Waals surface area contributed by atoms with Crippen LogP contribution in [-0.4, -0.2) is 15.3 Å². The smallest absolute Gasteiger partial charge is 0.226 e. The highest BCUT2D eigenvalue weighted by Gasteiger charge is 2.15. The molecule has 5 nitrogen and oxygen atoms in total. The number of aromatic nitrogens is 3. The van der Waals surface area contributed by atoms with Crippen LogP contribution in [0.2, 0.25) is 0 Å². The summed E-state index contributed by atoms with van der Waals surface area (Å²) in [6.07, 6.45) is 0.564. The van der Waals surface area contributed by atoms with Crippen molar-refractivity contribution in [2.75, 3.05) is 5.73 Å². The number of benzene rings is 1. The predicted molar refractivity (Wildman–Crippen MR) is 72.7 cm³/mol. The van der Waals surface area contributed by atoms with Crippen LogP contribution in [0.4, 0.5) is 10.1 Å². The molecule has 3 rings (SSSR count). The highest BCUT2D eigenvalue weighted by atomic mass is 19.1. The Kier molecular flexibility index (Phi) is 2.85. The molecule has 102 valence electrons. The van der Waals surface area contributed by atoms with Crippen LogP contribution in [0, 0.1) is 19.7 Å². The van der Waals surface area contributed by atoms with Gasteiger partial charge in [-0.2, -0.15) is 0 Å². The Morgan fingerprint density at radius 2 is 2.05 bits per heavy atom. The van der Waals surface area contributed by atoms with Crippen molar-refractivity contribution in [3.8, 4) is 0 Å². The molecule has 0 aliphatic carbocycles. The van der Waals surface area contributed by atoms with Crippen LogP contribution in [-0.2, 0) is 6.42 Å². The monoisotopic (exact) mass is 272 g/mol. The molecule has 0 saturated heterocycles. The van der Waals surface area contributed by atoms with Crippen LogP contribution >= 0.6 is 0 Å². The van der Waals surface area contributed by atoms with Gasteiger partial charge in [-0.3, -0.25) is 0 Å². The van der Waals surface area contributed by atoms with Gasteiger partial charge in [-0.25, -0.2) is 14.0 Å². The van der Waals surface area contributed by atoms with E-state index in [0.717, 1.165) is 16.8 Å². The Morgan fingerprint density at radius 3 is 2.80 bits per heavy atom. The van der Waals surface area contributed by atoms with Crippen LogP contribution in [0.5, 0.6) is 0 Å². The van der Waals surface area contributed by atoms with Crippen molar-refractivity contribution in [2.45, 2.75) is 20.3 Å². The SMILES string of the molecule is Cc1cc(Cc2c(C)nc3nonc3c2N)ccc1F. The minimum absolute atomic E-state index is 0.215. The predicted octanol–water partition coefficient (Wildman–Crippen LogP) is 2.55. The second-order valence-electron chi connectivity index (χ2n) is 4.79. The summed E-state index contributed by atoms with van der Waals surface area (Å²) < 4.78 is 17.9. The molecule has 20 heavy (non-hydrogen) atoms. The fourth-order valence-electron chi connectivity index (χ4n) is 2.24. The third-order valence-electron chi connectivity index (χ3n) is 3.37. The Labute approximate surface area is 114 Å². The quantitative estimate of drug-likeness (QED) is 0.775. The molecule has 2 heterocycles. The molecule has 0 atom stereocenters. The Bertz CT molecular complexity index is 797. The van der Waals surface area contributed by atoms with Crippen molar-refractivity contribution < 1.29 is 9.02 Å². The van der Waals surface area contributed by atoms with Crippen LogP contribution in [0.3, 0.4) is 0 Å². The Hall–Kier alpha value is -2.50. The van der Waals surface area contributed by atoms with E-state index in [1.807, 2.05) is 6.92 Å². The Morgan fingerprint density at radius 1 is 1.25 bits per heavy atom. The van der Waals surface area contributed by atoms with Crippen molar-refractivity contribution in [2.24, 2.45) is 0 Å². The van der Waals surface area contributed by atoms with E-state index in [-0.39, 0.29) is 5.82 Å². The standard InChI is InChI=1S/C14H13FN4O/c1-7-5-9(3-4-11(7)15)6-10-8(2)17-14-13(12(10)16)18-20-19-14/h3-5H,6,16H2,1-2H3. The molecule has 2 aromatic heterocycles. The van der Waals surface area contributed by atoms with Crippen LogP contribution < -0.4 is 5.73 Å². The molecule has 0 saturated carbocycles. The minimum atomic E-state index is -0.215. The zero-order chi connectivity index (χ0) is 14.3. The van der Waals surface area contributed by atoms with Gasteiger partial charge in [0.1, 0.15) is 5.82 Å². The Balaban J connectivity index is 2.07. The highest BCUT2D eigenvalue weighted by Crippen LogP contribution is 2.26. The zero-order valence-electron chi connectivity index (χ0n) is 11.1. The van der Waals surface area contributed by atoms with Crippen LogP contribution in [0.25, 0.3) is 11.2 Å². The summed E-state index contributed by atoms with van der Waals surface area (Å²) in [4.78, 5) is 4.31. The molecule has 0 aliphatic heterocycles. The van der Waals surface area contributed by atoms with Crippen LogP contribution in [0.15, 0.2) is 22.8 Å². The van der Waals surface area contributed by atoms with Crippen molar-refractivity contribution in [1.82, 2.24) is 15.3 Å². The van der Waals surface area contributed by atoms with E-state index < -0.39 is 0 Å². The molecular formula is C14H13FN4O. The maximum absolute atomic E-state index is 13.3. The lowest BCUT2D eigenvalue weighted by molar-refractivity contribution is 0.315. The van der Waals surface area contributed by atoms with Gasteiger partial charge < -0.3 is 5.73 Å². The summed E-state index contributed by atoms with van der Waals surface area (Å²) in [7, 11) is 0. The van der Waals surface area contributed by atoms with Crippen molar-refractivity contribution in [1.29, 1.82) is 0 Å². The lowest BCUT2D eigenvalue weighted by atomic mass is 10.0. The van der Waals surface area contributed by atoms with Gasteiger partial charge in [-0.05, 0) is 41.4 Å². The van der Waals surface area contributed by atoms with Gasteiger partial charge in [0.25, 0.3) is 0 Å². The second-order valence-corrected chi connectivity index (χ2v) is 4.79.